The Morgan fingerprint density at radius 1 is 0.553 bits per heavy atom. The second kappa shape index (κ2) is 9.09. The molecule has 0 aliphatic rings. The van der Waals surface area contributed by atoms with Crippen LogP contribution in [0, 0.1) is 6.92 Å². The topological polar surface area (TPSA) is 51.8 Å². The van der Waals surface area contributed by atoms with E-state index in [0.29, 0.717) is 5.82 Å². The van der Waals surface area contributed by atoms with Crippen molar-refractivity contribution in [2.75, 3.05) is 0 Å². The van der Waals surface area contributed by atoms with E-state index in [1.165, 1.54) is 5.56 Å². The summed E-state index contributed by atoms with van der Waals surface area (Å²) in [6.45, 7) is 2.11. The Labute approximate surface area is 220 Å². The molecule has 7 rings (SSSR count). The third-order valence-electron chi connectivity index (χ3n) is 6.96. The van der Waals surface area contributed by atoms with Gasteiger partial charge in [-0.2, -0.15) is 0 Å². The van der Waals surface area contributed by atoms with Crippen LogP contribution in [0.4, 0.5) is 0 Å². The van der Waals surface area contributed by atoms with E-state index in [-0.39, 0.29) is 0 Å². The predicted octanol–water partition coefficient (Wildman–Crippen LogP) is 8.75. The van der Waals surface area contributed by atoms with Crippen molar-refractivity contribution in [3.05, 3.63) is 127 Å². The van der Waals surface area contributed by atoms with Crippen LogP contribution in [0.2, 0.25) is 0 Å². The summed E-state index contributed by atoms with van der Waals surface area (Å²) >= 11 is 0. The molecule has 0 fully saturated rings. The third-order valence-corrected chi connectivity index (χ3v) is 6.96. The quantitative estimate of drug-likeness (QED) is 0.248. The van der Waals surface area contributed by atoms with Crippen molar-refractivity contribution in [3.63, 3.8) is 0 Å². The molecule has 0 aliphatic heterocycles. The Morgan fingerprint density at radius 3 is 2.13 bits per heavy atom. The fraction of sp³-hybridized carbons (Fsp3) is 0.0294. The normalized spacial score (nSPS) is 11.3. The van der Waals surface area contributed by atoms with E-state index in [9.17, 15) is 0 Å². The van der Waals surface area contributed by atoms with E-state index in [1.54, 1.807) is 6.20 Å². The summed E-state index contributed by atoms with van der Waals surface area (Å²) in [7, 11) is 0. The van der Waals surface area contributed by atoms with Crippen LogP contribution >= 0.6 is 0 Å². The molecular formula is C34H23N3O. The highest BCUT2D eigenvalue weighted by Crippen LogP contribution is 2.34. The first-order valence-electron chi connectivity index (χ1n) is 12.6. The zero-order valence-corrected chi connectivity index (χ0v) is 20.8. The van der Waals surface area contributed by atoms with Gasteiger partial charge in [0.1, 0.15) is 11.2 Å². The number of furan rings is 1. The van der Waals surface area contributed by atoms with Crippen LogP contribution < -0.4 is 0 Å². The lowest BCUT2D eigenvalue weighted by Crippen LogP contribution is -1.97. The van der Waals surface area contributed by atoms with Gasteiger partial charge in [-0.15, -0.1) is 0 Å². The Hall–Kier alpha value is -5.09. The standard InChI is InChI=1S/C34H23N3O/c1-22-7-2-3-9-27(22)31-20-30(25-16-17-33-29(19-25)28-10-4-5-11-32(28)38-33)36-34(37-31)24-14-12-23(13-15-24)26-8-6-18-35-21-26/h2-21H,1H3. The minimum atomic E-state index is 0.690. The summed E-state index contributed by atoms with van der Waals surface area (Å²) in [5.41, 5.74) is 9.97. The Kier molecular flexibility index (Phi) is 5.30. The SMILES string of the molecule is Cc1ccccc1-c1cc(-c2ccc3oc4ccccc4c3c2)nc(-c2ccc(-c3cccnc3)cc2)n1. The van der Waals surface area contributed by atoms with Gasteiger partial charge in [-0.25, -0.2) is 9.97 Å². The lowest BCUT2D eigenvalue weighted by Gasteiger charge is -2.11. The zero-order valence-electron chi connectivity index (χ0n) is 20.8. The fourth-order valence-electron chi connectivity index (χ4n) is 4.95. The van der Waals surface area contributed by atoms with Gasteiger partial charge in [0.2, 0.25) is 0 Å². The third kappa shape index (κ3) is 3.93. The van der Waals surface area contributed by atoms with Gasteiger partial charge in [-0.1, -0.05) is 72.8 Å². The molecule has 0 aliphatic carbocycles. The monoisotopic (exact) mass is 489 g/mol. The Morgan fingerprint density at radius 2 is 1.29 bits per heavy atom. The number of hydrogen-bond donors (Lipinski definition) is 0. The highest BCUT2D eigenvalue weighted by atomic mass is 16.3. The molecule has 0 atom stereocenters. The Balaban J connectivity index is 1.39. The summed E-state index contributed by atoms with van der Waals surface area (Å²) in [4.78, 5) is 14.3. The average molecular weight is 490 g/mol. The highest BCUT2D eigenvalue weighted by molar-refractivity contribution is 6.06. The van der Waals surface area contributed by atoms with Gasteiger partial charge in [0.05, 0.1) is 11.4 Å². The van der Waals surface area contributed by atoms with Crippen molar-refractivity contribution >= 4 is 21.9 Å². The molecule has 180 valence electrons. The summed E-state index contributed by atoms with van der Waals surface area (Å²) in [5, 5.41) is 2.18. The minimum absolute atomic E-state index is 0.690. The maximum Gasteiger partial charge on any atom is 0.160 e. The van der Waals surface area contributed by atoms with Gasteiger partial charge >= 0.3 is 0 Å². The van der Waals surface area contributed by atoms with E-state index in [2.05, 4.69) is 90.8 Å². The molecule has 0 radical (unpaired) electrons. The van der Waals surface area contributed by atoms with Gasteiger partial charge in [0.15, 0.2) is 5.82 Å². The van der Waals surface area contributed by atoms with Crippen molar-refractivity contribution in [2.24, 2.45) is 0 Å². The van der Waals surface area contributed by atoms with E-state index in [0.717, 1.165) is 61.1 Å². The zero-order chi connectivity index (χ0) is 25.5. The number of aryl methyl sites for hydroxylation is 1. The van der Waals surface area contributed by atoms with Crippen LogP contribution in [0.5, 0.6) is 0 Å². The minimum Gasteiger partial charge on any atom is -0.456 e. The molecule has 4 heteroatoms. The van der Waals surface area contributed by atoms with Gasteiger partial charge in [0.25, 0.3) is 0 Å². The summed E-state index contributed by atoms with van der Waals surface area (Å²) < 4.78 is 6.06. The molecule has 4 nitrogen and oxygen atoms in total. The molecule has 7 aromatic rings. The molecular weight excluding hydrogens is 466 g/mol. The molecule has 4 aromatic carbocycles. The Bertz CT molecular complexity index is 1920. The first-order chi connectivity index (χ1) is 18.7. The second-order valence-corrected chi connectivity index (χ2v) is 9.41. The smallest absolute Gasteiger partial charge is 0.160 e. The van der Waals surface area contributed by atoms with E-state index in [1.807, 2.05) is 36.5 Å². The van der Waals surface area contributed by atoms with Crippen LogP contribution in [0.3, 0.4) is 0 Å². The molecule has 38 heavy (non-hydrogen) atoms. The highest BCUT2D eigenvalue weighted by Gasteiger charge is 2.14. The summed E-state index contributed by atoms with van der Waals surface area (Å²) in [6, 6.07) is 37.2. The lowest BCUT2D eigenvalue weighted by atomic mass is 10.0. The number of rotatable bonds is 4. The fourth-order valence-corrected chi connectivity index (χ4v) is 4.95. The number of fused-ring (bicyclic) bond motifs is 3. The molecule has 0 saturated carbocycles. The second-order valence-electron chi connectivity index (χ2n) is 9.41. The van der Waals surface area contributed by atoms with Crippen molar-refractivity contribution in [1.82, 2.24) is 15.0 Å². The lowest BCUT2D eigenvalue weighted by molar-refractivity contribution is 0.669. The first kappa shape index (κ1) is 22.1. The first-order valence-corrected chi connectivity index (χ1v) is 12.6. The number of hydrogen-bond acceptors (Lipinski definition) is 4. The van der Waals surface area contributed by atoms with Crippen molar-refractivity contribution < 1.29 is 4.42 Å². The van der Waals surface area contributed by atoms with E-state index >= 15 is 0 Å². The van der Waals surface area contributed by atoms with E-state index in [4.69, 9.17) is 14.4 Å². The van der Waals surface area contributed by atoms with Crippen LogP contribution in [0.1, 0.15) is 5.56 Å². The maximum atomic E-state index is 6.06. The van der Waals surface area contributed by atoms with Crippen LogP contribution in [-0.2, 0) is 0 Å². The molecule has 0 spiro atoms. The largest absolute Gasteiger partial charge is 0.456 e. The molecule has 3 aromatic heterocycles. The van der Waals surface area contributed by atoms with Crippen molar-refractivity contribution in [2.45, 2.75) is 6.92 Å². The number of benzene rings is 4. The molecule has 0 amide bonds. The van der Waals surface area contributed by atoms with Gasteiger partial charge < -0.3 is 4.42 Å². The number of para-hydroxylation sites is 1. The summed E-state index contributed by atoms with van der Waals surface area (Å²) in [6.07, 6.45) is 3.66. The number of pyridine rings is 1. The molecule has 3 heterocycles. The predicted molar refractivity (Wildman–Crippen MR) is 154 cm³/mol. The van der Waals surface area contributed by atoms with Crippen LogP contribution in [0.15, 0.2) is 126 Å². The number of aromatic nitrogens is 3. The molecule has 0 saturated heterocycles. The molecule has 0 unspecified atom stereocenters. The molecule has 0 N–H and O–H groups in total. The van der Waals surface area contributed by atoms with Gasteiger partial charge in [-0.3, -0.25) is 4.98 Å². The van der Waals surface area contributed by atoms with Crippen molar-refractivity contribution in [3.8, 4) is 45.0 Å². The van der Waals surface area contributed by atoms with Crippen LogP contribution in [0.25, 0.3) is 67.0 Å². The van der Waals surface area contributed by atoms with Gasteiger partial charge in [-0.05, 0) is 60.0 Å². The average Bonchev–Trinajstić information content (AvgIpc) is 3.36. The van der Waals surface area contributed by atoms with E-state index < -0.39 is 0 Å². The maximum absolute atomic E-state index is 6.06. The number of nitrogens with zero attached hydrogens (tertiary/aromatic N) is 3. The summed E-state index contributed by atoms with van der Waals surface area (Å²) in [5.74, 6) is 0.690. The molecule has 0 bridgehead atoms. The van der Waals surface area contributed by atoms with Gasteiger partial charge in [0, 0.05) is 39.9 Å². The van der Waals surface area contributed by atoms with Crippen molar-refractivity contribution in [1.29, 1.82) is 0 Å². The van der Waals surface area contributed by atoms with Crippen LogP contribution in [-0.4, -0.2) is 15.0 Å².